The van der Waals surface area contributed by atoms with E-state index in [1.54, 1.807) is 0 Å². The maximum atomic E-state index is 4.24. The molecule has 108 valence electrons. The molecule has 0 aliphatic carbocycles. The summed E-state index contributed by atoms with van der Waals surface area (Å²) in [5.74, 6) is 0.678. The number of aryl methyl sites for hydroxylation is 2. The Labute approximate surface area is 122 Å². The molecule has 0 spiro atoms. The molecule has 1 atom stereocenters. The van der Waals surface area contributed by atoms with Gasteiger partial charge in [0, 0.05) is 13.2 Å². The Hall–Kier alpha value is -1.61. The summed E-state index contributed by atoms with van der Waals surface area (Å²) < 4.78 is 1.88. The van der Waals surface area contributed by atoms with Crippen molar-refractivity contribution in [1.29, 1.82) is 0 Å². The van der Waals surface area contributed by atoms with Crippen LogP contribution in [0.15, 0.2) is 42.7 Å². The van der Waals surface area contributed by atoms with Gasteiger partial charge in [0.25, 0.3) is 0 Å². The fourth-order valence-electron chi connectivity index (χ4n) is 2.54. The highest BCUT2D eigenvalue weighted by Gasteiger charge is 2.10. The summed E-state index contributed by atoms with van der Waals surface area (Å²) in [7, 11) is 1.98. The lowest BCUT2D eigenvalue weighted by atomic mass is 9.93. The van der Waals surface area contributed by atoms with Gasteiger partial charge < -0.3 is 5.32 Å². The van der Waals surface area contributed by atoms with Crippen LogP contribution in [0, 0.1) is 5.92 Å². The van der Waals surface area contributed by atoms with Crippen molar-refractivity contribution in [1.82, 2.24) is 15.1 Å². The van der Waals surface area contributed by atoms with Crippen molar-refractivity contribution in [3.8, 4) is 0 Å². The van der Waals surface area contributed by atoms with Gasteiger partial charge in [0.05, 0.1) is 6.20 Å². The standard InChI is InChI=1S/C17H25N3/c1-3-18-12-16(11-15-7-5-4-6-8-15)9-10-17-13-19-20(2)14-17/h4-8,13-14,16,18H,3,9-12H2,1-2H3. The summed E-state index contributed by atoms with van der Waals surface area (Å²) in [5.41, 5.74) is 2.77. The van der Waals surface area contributed by atoms with E-state index in [-0.39, 0.29) is 0 Å². The highest BCUT2D eigenvalue weighted by atomic mass is 15.2. The van der Waals surface area contributed by atoms with Crippen molar-refractivity contribution in [3.05, 3.63) is 53.9 Å². The summed E-state index contributed by atoms with van der Waals surface area (Å²) in [5, 5.41) is 7.73. The Morgan fingerprint density at radius 3 is 2.65 bits per heavy atom. The van der Waals surface area contributed by atoms with Gasteiger partial charge in [-0.2, -0.15) is 5.10 Å². The third-order valence-corrected chi connectivity index (χ3v) is 3.65. The first-order valence-corrected chi connectivity index (χ1v) is 7.50. The minimum atomic E-state index is 0.678. The van der Waals surface area contributed by atoms with Crippen LogP contribution in [0.25, 0.3) is 0 Å². The fourth-order valence-corrected chi connectivity index (χ4v) is 2.54. The fraction of sp³-hybridized carbons (Fsp3) is 0.471. The predicted molar refractivity (Wildman–Crippen MR) is 83.7 cm³/mol. The molecule has 3 heteroatoms. The lowest BCUT2D eigenvalue weighted by Gasteiger charge is -2.17. The normalized spacial score (nSPS) is 12.5. The van der Waals surface area contributed by atoms with E-state index in [1.165, 1.54) is 17.5 Å². The maximum Gasteiger partial charge on any atom is 0.0521 e. The van der Waals surface area contributed by atoms with Crippen LogP contribution in [0.1, 0.15) is 24.5 Å². The quantitative estimate of drug-likeness (QED) is 0.800. The Balaban J connectivity index is 1.89. The van der Waals surface area contributed by atoms with Crippen molar-refractivity contribution in [2.45, 2.75) is 26.2 Å². The van der Waals surface area contributed by atoms with Crippen LogP contribution in [-0.2, 0) is 19.9 Å². The van der Waals surface area contributed by atoms with Gasteiger partial charge in [0.15, 0.2) is 0 Å². The summed E-state index contributed by atoms with van der Waals surface area (Å²) in [6.07, 6.45) is 7.55. The molecule has 0 aliphatic rings. The second-order valence-electron chi connectivity index (χ2n) is 5.42. The van der Waals surface area contributed by atoms with Crippen molar-refractivity contribution in [3.63, 3.8) is 0 Å². The van der Waals surface area contributed by atoms with E-state index in [9.17, 15) is 0 Å². The van der Waals surface area contributed by atoms with Crippen molar-refractivity contribution < 1.29 is 0 Å². The average Bonchev–Trinajstić information content (AvgIpc) is 2.88. The highest BCUT2D eigenvalue weighted by molar-refractivity contribution is 5.15. The van der Waals surface area contributed by atoms with Crippen molar-refractivity contribution >= 4 is 0 Å². The average molecular weight is 271 g/mol. The molecular weight excluding hydrogens is 246 g/mol. The first-order valence-electron chi connectivity index (χ1n) is 7.50. The molecule has 1 N–H and O–H groups in total. The first kappa shape index (κ1) is 14.8. The van der Waals surface area contributed by atoms with Crippen molar-refractivity contribution in [2.24, 2.45) is 13.0 Å². The third-order valence-electron chi connectivity index (χ3n) is 3.65. The Kier molecular flexibility index (Phi) is 5.81. The minimum absolute atomic E-state index is 0.678. The molecule has 2 aromatic rings. The molecule has 0 radical (unpaired) electrons. The molecular formula is C17H25N3. The minimum Gasteiger partial charge on any atom is -0.317 e. The van der Waals surface area contributed by atoms with Gasteiger partial charge in [-0.05, 0) is 49.4 Å². The Bertz CT molecular complexity index is 490. The molecule has 1 unspecified atom stereocenters. The smallest absolute Gasteiger partial charge is 0.0521 e. The van der Waals surface area contributed by atoms with Crippen LogP contribution in [0.2, 0.25) is 0 Å². The Morgan fingerprint density at radius 2 is 2.00 bits per heavy atom. The number of hydrogen-bond acceptors (Lipinski definition) is 2. The van der Waals surface area contributed by atoms with E-state index < -0.39 is 0 Å². The van der Waals surface area contributed by atoms with Gasteiger partial charge in [-0.25, -0.2) is 0 Å². The number of rotatable bonds is 8. The van der Waals surface area contributed by atoms with Crippen LogP contribution >= 0.6 is 0 Å². The van der Waals surface area contributed by atoms with E-state index in [2.05, 4.69) is 53.9 Å². The number of aromatic nitrogens is 2. The maximum absolute atomic E-state index is 4.24. The van der Waals surface area contributed by atoms with Crippen LogP contribution in [0.4, 0.5) is 0 Å². The van der Waals surface area contributed by atoms with Crippen LogP contribution in [0.3, 0.4) is 0 Å². The molecule has 20 heavy (non-hydrogen) atoms. The molecule has 0 aliphatic heterocycles. The molecule has 1 aromatic carbocycles. The van der Waals surface area contributed by atoms with Gasteiger partial charge in [-0.1, -0.05) is 37.3 Å². The lowest BCUT2D eigenvalue weighted by molar-refractivity contribution is 0.449. The molecule has 1 heterocycles. The van der Waals surface area contributed by atoms with Gasteiger partial charge in [0.1, 0.15) is 0 Å². The zero-order chi connectivity index (χ0) is 14.2. The topological polar surface area (TPSA) is 29.9 Å². The van der Waals surface area contributed by atoms with Crippen LogP contribution in [-0.4, -0.2) is 22.9 Å². The van der Waals surface area contributed by atoms with Gasteiger partial charge in [0.2, 0.25) is 0 Å². The predicted octanol–water partition coefficient (Wildman–Crippen LogP) is 2.82. The molecule has 0 amide bonds. The summed E-state index contributed by atoms with van der Waals surface area (Å²) in [6.45, 7) is 4.30. The zero-order valence-corrected chi connectivity index (χ0v) is 12.5. The molecule has 3 nitrogen and oxygen atoms in total. The van der Waals surface area contributed by atoms with E-state index in [1.807, 2.05) is 17.9 Å². The van der Waals surface area contributed by atoms with E-state index >= 15 is 0 Å². The molecule has 0 fully saturated rings. The molecule has 0 bridgehead atoms. The number of benzene rings is 1. The van der Waals surface area contributed by atoms with Crippen molar-refractivity contribution in [2.75, 3.05) is 13.1 Å². The summed E-state index contributed by atoms with van der Waals surface area (Å²) in [6, 6.07) is 10.8. The SMILES string of the molecule is CCNCC(CCc1cnn(C)c1)Cc1ccccc1. The monoisotopic (exact) mass is 271 g/mol. The number of nitrogens with zero attached hydrogens (tertiary/aromatic N) is 2. The summed E-state index contributed by atoms with van der Waals surface area (Å²) in [4.78, 5) is 0. The van der Waals surface area contributed by atoms with Gasteiger partial charge in [-0.15, -0.1) is 0 Å². The molecule has 0 saturated carbocycles. The number of nitrogens with one attached hydrogen (secondary N) is 1. The van der Waals surface area contributed by atoms with Gasteiger partial charge >= 0.3 is 0 Å². The largest absolute Gasteiger partial charge is 0.317 e. The first-order chi connectivity index (χ1) is 9.78. The van der Waals surface area contributed by atoms with E-state index in [0.29, 0.717) is 5.92 Å². The zero-order valence-electron chi connectivity index (χ0n) is 12.5. The molecule has 1 aromatic heterocycles. The lowest BCUT2D eigenvalue weighted by Crippen LogP contribution is -2.24. The van der Waals surface area contributed by atoms with E-state index in [4.69, 9.17) is 0 Å². The number of hydrogen-bond donors (Lipinski definition) is 1. The highest BCUT2D eigenvalue weighted by Crippen LogP contribution is 2.15. The molecule has 2 rings (SSSR count). The third kappa shape index (κ3) is 4.82. The van der Waals surface area contributed by atoms with Crippen LogP contribution in [0.5, 0.6) is 0 Å². The van der Waals surface area contributed by atoms with Gasteiger partial charge in [-0.3, -0.25) is 4.68 Å². The second-order valence-corrected chi connectivity index (χ2v) is 5.42. The molecule has 0 saturated heterocycles. The van der Waals surface area contributed by atoms with Crippen LogP contribution < -0.4 is 5.32 Å². The Morgan fingerprint density at radius 1 is 1.20 bits per heavy atom. The summed E-state index contributed by atoms with van der Waals surface area (Å²) >= 11 is 0. The van der Waals surface area contributed by atoms with E-state index in [0.717, 1.165) is 25.9 Å². The second kappa shape index (κ2) is 7.85.